The zero-order chi connectivity index (χ0) is 15.9. The molecule has 21 heavy (non-hydrogen) atoms. The minimum atomic E-state index is -0.299. The van der Waals surface area contributed by atoms with E-state index >= 15 is 0 Å². The largest absolute Gasteiger partial charge is 0.394 e. The van der Waals surface area contributed by atoms with E-state index in [0.717, 1.165) is 5.56 Å². The molecule has 0 heterocycles. The molecule has 0 saturated carbocycles. The lowest BCUT2D eigenvalue weighted by Crippen LogP contribution is -2.39. The summed E-state index contributed by atoms with van der Waals surface area (Å²) in [7, 11) is 0. The maximum atomic E-state index is 13.0. The number of hydrogen-bond donors (Lipinski definition) is 2. The van der Waals surface area contributed by atoms with Crippen LogP contribution in [0.25, 0.3) is 6.08 Å². The lowest BCUT2D eigenvalue weighted by molar-refractivity contribution is -0.121. The van der Waals surface area contributed by atoms with Crippen LogP contribution in [0.15, 0.2) is 30.3 Å². The van der Waals surface area contributed by atoms with Crippen LogP contribution in [0.2, 0.25) is 0 Å². The van der Waals surface area contributed by atoms with Crippen molar-refractivity contribution in [2.24, 2.45) is 5.41 Å². The van der Waals surface area contributed by atoms with Gasteiger partial charge < -0.3 is 10.4 Å². The molecule has 1 unspecified atom stereocenters. The van der Waals surface area contributed by atoms with Crippen LogP contribution in [0, 0.1) is 11.2 Å². The predicted octanol–water partition coefficient (Wildman–Crippen LogP) is 3.14. The van der Waals surface area contributed by atoms with E-state index in [1.54, 1.807) is 24.3 Å². The van der Waals surface area contributed by atoms with Crippen molar-refractivity contribution in [1.82, 2.24) is 5.32 Å². The molecule has 4 heteroatoms. The molecule has 1 amide bonds. The van der Waals surface area contributed by atoms with Crippen LogP contribution in [0.1, 0.15) is 39.2 Å². The Bertz CT molecular complexity index is 492. The lowest BCUT2D eigenvalue weighted by Gasteiger charge is -2.25. The molecule has 1 aromatic rings. The third-order valence-corrected chi connectivity index (χ3v) is 2.91. The van der Waals surface area contributed by atoms with Gasteiger partial charge in [-0.2, -0.15) is 0 Å². The molecule has 0 bridgehead atoms. The Labute approximate surface area is 125 Å². The molecule has 0 saturated heterocycles. The van der Waals surface area contributed by atoms with Crippen LogP contribution in [0.3, 0.4) is 0 Å². The van der Waals surface area contributed by atoms with E-state index in [4.69, 9.17) is 0 Å². The van der Waals surface area contributed by atoms with Gasteiger partial charge in [-0.1, -0.05) is 45.1 Å². The summed E-state index contributed by atoms with van der Waals surface area (Å²) < 4.78 is 13.0. The average molecular weight is 293 g/mol. The van der Waals surface area contributed by atoms with Crippen molar-refractivity contribution in [2.75, 3.05) is 6.61 Å². The molecule has 116 valence electrons. The molecule has 0 fully saturated rings. The number of amides is 1. The maximum absolute atomic E-state index is 13.0. The van der Waals surface area contributed by atoms with Gasteiger partial charge in [-0.15, -0.1) is 0 Å². The first-order chi connectivity index (χ1) is 9.80. The fourth-order valence-corrected chi connectivity index (χ4v) is 2.10. The van der Waals surface area contributed by atoms with Crippen molar-refractivity contribution < 1.29 is 14.3 Å². The number of rotatable bonds is 6. The van der Waals surface area contributed by atoms with Crippen LogP contribution >= 0.6 is 0 Å². The highest BCUT2D eigenvalue weighted by Crippen LogP contribution is 2.20. The minimum absolute atomic E-state index is 0.0398. The van der Waals surface area contributed by atoms with E-state index in [-0.39, 0.29) is 36.2 Å². The molecule has 0 aromatic heterocycles. The SMILES string of the molecule is CC(C)(C)CC(CO)NC(=O)C/C=C/c1cccc(F)c1. The highest BCUT2D eigenvalue weighted by atomic mass is 19.1. The summed E-state index contributed by atoms with van der Waals surface area (Å²) in [6.45, 7) is 6.11. The second kappa shape index (κ2) is 7.93. The molecular weight excluding hydrogens is 269 g/mol. The van der Waals surface area contributed by atoms with Gasteiger partial charge in [0.15, 0.2) is 0 Å². The summed E-state index contributed by atoms with van der Waals surface area (Å²) in [5.74, 6) is -0.446. The highest BCUT2D eigenvalue weighted by molar-refractivity contribution is 5.78. The molecule has 0 radical (unpaired) electrons. The first kappa shape index (κ1) is 17.4. The van der Waals surface area contributed by atoms with E-state index in [0.29, 0.717) is 6.42 Å². The number of carbonyl (C=O) groups is 1. The van der Waals surface area contributed by atoms with Gasteiger partial charge in [-0.25, -0.2) is 4.39 Å². The summed E-state index contributed by atoms with van der Waals surface area (Å²) in [6.07, 6.45) is 4.32. The van der Waals surface area contributed by atoms with Crippen LogP contribution in [-0.4, -0.2) is 23.7 Å². The summed E-state index contributed by atoms with van der Waals surface area (Å²) in [6, 6.07) is 5.95. The summed E-state index contributed by atoms with van der Waals surface area (Å²) in [5.41, 5.74) is 0.758. The highest BCUT2D eigenvalue weighted by Gasteiger charge is 2.19. The third kappa shape index (κ3) is 7.61. The van der Waals surface area contributed by atoms with Crippen LogP contribution in [0.4, 0.5) is 4.39 Å². The molecule has 1 atom stereocenters. The van der Waals surface area contributed by atoms with Crippen molar-refractivity contribution in [1.29, 1.82) is 0 Å². The van der Waals surface area contributed by atoms with Gasteiger partial charge in [-0.05, 0) is 29.5 Å². The number of aliphatic hydroxyl groups is 1. The van der Waals surface area contributed by atoms with Crippen molar-refractivity contribution in [3.05, 3.63) is 41.7 Å². The standard InChI is InChI=1S/C17H24FNO2/c1-17(2,3)11-15(12-20)19-16(21)9-5-7-13-6-4-8-14(18)10-13/h4-8,10,15,20H,9,11-12H2,1-3H3,(H,19,21)/b7-5+. The third-order valence-electron chi connectivity index (χ3n) is 2.91. The monoisotopic (exact) mass is 293 g/mol. The Balaban J connectivity index is 2.46. The van der Waals surface area contributed by atoms with Gasteiger partial charge in [-0.3, -0.25) is 4.79 Å². The minimum Gasteiger partial charge on any atom is -0.394 e. The first-order valence-corrected chi connectivity index (χ1v) is 7.12. The van der Waals surface area contributed by atoms with E-state index < -0.39 is 0 Å². The van der Waals surface area contributed by atoms with Gasteiger partial charge in [0.2, 0.25) is 5.91 Å². The molecule has 1 aromatic carbocycles. The van der Waals surface area contributed by atoms with Crippen molar-refractivity contribution in [3.63, 3.8) is 0 Å². The number of halogens is 1. The molecule has 0 aliphatic rings. The molecule has 2 N–H and O–H groups in total. The second-order valence-electron chi connectivity index (χ2n) is 6.37. The van der Waals surface area contributed by atoms with Crippen molar-refractivity contribution in [3.8, 4) is 0 Å². The maximum Gasteiger partial charge on any atom is 0.224 e. The van der Waals surface area contributed by atoms with Gasteiger partial charge >= 0.3 is 0 Å². The molecule has 0 spiro atoms. The number of carbonyl (C=O) groups excluding carboxylic acids is 1. The fourth-order valence-electron chi connectivity index (χ4n) is 2.10. The van der Waals surface area contributed by atoms with E-state index in [1.165, 1.54) is 12.1 Å². The second-order valence-corrected chi connectivity index (χ2v) is 6.37. The molecule has 1 rings (SSSR count). The molecular formula is C17H24FNO2. The smallest absolute Gasteiger partial charge is 0.224 e. The topological polar surface area (TPSA) is 49.3 Å². The zero-order valence-corrected chi connectivity index (χ0v) is 12.9. The van der Waals surface area contributed by atoms with Crippen LogP contribution < -0.4 is 5.32 Å². The van der Waals surface area contributed by atoms with Crippen LogP contribution in [-0.2, 0) is 4.79 Å². The van der Waals surface area contributed by atoms with Crippen LogP contribution in [0.5, 0.6) is 0 Å². The van der Waals surface area contributed by atoms with Gasteiger partial charge in [0.1, 0.15) is 5.82 Å². The lowest BCUT2D eigenvalue weighted by atomic mass is 9.88. The van der Waals surface area contributed by atoms with Gasteiger partial charge in [0.05, 0.1) is 12.6 Å². The van der Waals surface area contributed by atoms with E-state index in [2.05, 4.69) is 26.1 Å². The summed E-state index contributed by atoms with van der Waals surface area (Å²) >= 11 is 0. The Kier molecular flexibility index (Phi) is 6.56. The van der Waals surface area contributed by atoms with E-state index in [9.17, 15) is 14.3 Å². The Morgan fingerprint density at radius 2 is 2.14 bits per heavy atom. The Hall–Kier alpha value is -1.68. The van der Waals surface area contributed by atoms with E-state index in [1.807, 2.05) is 0 Å². The molecule has 0 aliphatic carbocycles. The average Bonchev–Trinajstić information content (AvgIpc) is 2.36. The van der Waals surface area contributed by atoms with Gasteiger partial charge in [0, 0.05) is 6.42 Å². The normalized spacial score (nSPS) is 13.4. The Morgan fingerprint density at radius 1 is 1.43 bits per heavy atom. The fraction of sp³-hybridized carbons (Fsp3) is 0.471. The van der Waals surface area contributed by atoms with Crippen molar-refractivity contribution in [2.45, 2.75) is 39.7 Å². The summed E-state index contributed by atoms with van der Waals surface area (Å²) in [4.78, 5) is 11.8. The Morgan fingerprint density at radius 3 is 2.71 bits per heavy atom. The zero-order valence-electron chi connectivity index (χ0n) is 12.9. The number of hydrogen-bond acceptors (Lipinski definition) is 2. The molecule has 3 nitrogen and oxygen atoms in total. The van der Waals surface area contributed by atoms with Gasteiger partial charge in [0.25, 0.3) is 0 Å². The van der Waals surface area contributed by atoms with Crippen molar-refractivity contribution >= 4 is 12.0 Å². The first-order valence-electron chi connectivity index (χ1n) is 7.12. The predicted molar refractivity (Wildman–Crippen MR) is 83.1 cm³/mol. The number of nitrogens with one attached hydrogen (secondary N) is 1. The summed E-state index contributed by atoms with van der Waals surface area (Å²) in [5, 5.41) is 12.1. The molecule has 0 aliphatic heterocycles. The number of aliphatic hydroxyl groups excluding tert-OH is 1. The number of benzene rings is 1. The quantitative estimate of drug-likeness (QED) is 0.846.